The summed E-state index contributed by atoms with van der Waals surface area (Å²) < 4.78 is 13.6. The molecular formula is C24H26FN5O. The molecule has 3 heterocycles. The Labute approximate surface area is 181 Å². The summed E-state index contributed by atoms with van der Waals surface area (Å²) >= 11 is 0. The fourth-order valence-corrected chi connectivity index (χ4v) is 3.95. The van der Waals surface area contributed by atoms with Crippen LogP contribution in [0.15, 0.2) is 73.3 Å². The molecule has 0 aliphatic carbocycles. The lowest BCUT2D eigenvalue weighted by Gasteiger charge is -2.38. The van der Waals surface area contributed by atoms with Crippen LogP contribution in [0.25, 0.3) is 0 Å². The lowest BCUT2D eigenvalue weighted by atomic mass is 10.0. The molecule has 0 radical (unpaired) electrons. The van der Waals surface area contributed by atoms with Crippen molar-refractivity contribution in [3.8, 4) is 0 Å². The molecule has 1 fully saturated rings. The first-order chi connectivity index (χ1) is 15.2. The highest BCUT2D eigenvalue weighted by molar-refractivity contribution is 5.89. The Morgan fingerprint density at radius 2 is 1.84 bits per heavy atom. The second-order valence-electron chi connectivity index (χ2n) is 7.79. The van der Waals surface area contributed by atoms with Gasteiger partial charge in [-0.15, -0.1) is 0 Å². The number of rotatable bonds is 6. The van der Waals surface area contributed by atoms with Gasteiger partial charge in [0.1, 0.15) is 5.82 Å². The highest BCUT2D eigenvalue weighted by atomic mass is 19.1. The van der Waals surface area contributed by atoms with Crippen LogP contribution in [0.4, 0.5) is 14.9 Å². The molecule has 4 rings (SSSR count). The van der Waals surface area contributed by atoms with Crippen molar-refractivity contribution in [1.82, 2.24) is 19.8 Å². The number of likely N-dealkylation sites (tertiary alicyclic amines) is 1. The fourth-order valence-electron chi connectivity index (χ4n) is 3.95. The Balaban J connectivity index is 1.43. The molecular weight excluding hydrogens is 393 g/mol. The van der Waals surface area contributed by atoms with Crippen molar-refractivity contribution in [2.45, 2.75) is 32.0 Å². The molecule has 0 atom stereocenters. The van der Waals surface area contributed by atoms with Gasteiger partial charge in [0.2, 0.25) is 0 Å². The lowest BCUT2D eigenvalue weighted by Crippen LogP contribution is -2.48. The minimum atomic E-state index is -0.374. The Bertz CT molecular complexity index is 978. The third-order valence-electron chi connectivity index (χ3n) is 5.57. The van der Waals surface area contributed by atoms with Gasteiger partial charge in [-0.05, 0) is 60.4 Å². The zero-order chi connectivity index (χ0) is 21.5. The van der Waals surface area contributed by atoms with E-state index in [0.29, 0.717) is 12.2 Å². The molecule has 1 aliphatic heterocycles. The standard InChI is InChI=1S/C24H26FN5O/c25-21-4-1-5-22(15-21)28-24(31)30(18-20-3-2-10-27-16-20)23-8-13-29(14-9-23)17-19-6-11-26-12-7-19/h1-7,10-12,15-16,23H,8-9,13-14,17-18H2,(H,28,31). The van der Waals surface area contributed by atoms with Crippen LogP contribution in [0.3, 0.4) is 0 Å². The maximum atomic E-state index is 13.6. The molecule has 3 aromatic rings. The predicted octanol–water partition coefficient (Wildman–Crippen LogP) is 4.31. The van der Waals surface area contributed by atoms with Crippen LogP contribution in [-0.4, -0.2) is 44.9 Å². The number of pyridine rings is 2. The lowest BCUT2D eigenvalue weighted by molar-refractivity contribution is 0.119. The number of halogens is 1. The third kappa shape index (κ3) is 5.86. The van der Waals surface area contributed by atoms with E-state index in [1.165, 1.54) is 17.7 Å². The van der Waals surface area contributed by atoms with Crippen LogP contribution in [0.1, 0.15) is 24.0 Å². The van der Waals surface area contributed by atoms with E-state index >= 15 is 0 Å². The van der Waals surface area contributed by atoms with E-state index in [2.05, 4.69) is 20.2 Å². The Kier molecular flexibility index (Phi) is 6.84. The van der Waals surface area contributed by atoms with Gasteiger partial charge in [-0.25, -0.2) is 9.18 Å². The van der Waals surface area contributed by atoms with Crippen LogP contribution in [0.2, 0.25) is 0 Å². The minimum Gasteiger partial charge on any atom is -0.317 e. The van der Waals surface area contributed by atoms with Crippen molar-refractivity contribution in [3.05, 3.63) is 90.3 Å². The van der Waals surface area contributed by atoms with Crippen LogP contribution >= 0.6 is 0 Å². The number of benzene rings is 1. The number of nitrogens with one attached hydrogen (secondary N) is 1. The van der Waals surface area contributed by atoms with Gasteiger partial charge < -0.3 is 10.2 Å². The maximum absolute atomic E-state index is 13.6. The van der Waals surface area contributed by atoms with E-state index in [1.54, 1.807) is 24.5 Å². The van der Waals surface area contributed by atoms with E-state index in [4.69, 9.17) is 0 Å². The van der Waals surface area contributed by atoms with Crippen molar-refractivity contribution in [2.24, 2.45) is 0 Å². The molecule has 0 bridgehead atoms. The molecule has 6 nitrogen and oxygen atoms in total. The fraction of sp³-hybridized carbons (Fsp3) is 0.292. The van der Waals surface area contributed by atoms with Gasteiger partial charge >= 0.3 is 6.03 Å². The number of aromatic nitrogens is 2. The summed E-state index contributed by atoms with van der Waals surface area (Å²) in [5.41, 5.74) is 2.66. The molecule has 0 spiro atoms. The van der Waals surface area contributed by atoms with E-state index in [1.807, 2.05) is 41.6 Å². The number of carbonyl (C=O) groups excluding carboxylic acids is 1. The van der Waals surface area contributed by atoms with Crippen molar-refractivity contribution >= 4 is 11.7 Å². The van der Waals surface area contributed by atoms with Gasteiger partial charge in [-0.3, -0.25) is 14.9 Å². The van der Waals surface area contributed by atoms with Gasteiger partial charge in [-0.2, -0.15) is 0 Å². The highest BCUT2D eigenvalue weighted by Gasteiger charge is 2.28. The SMILES string of the molecule is O=C(Nc1cccc(F)c1)N(Cc1cccnc1)C1CCN(Cc2ccncc2)CC1. The first kappa shape index (κ1) is 20.9. The monoisotopic (exact) mass is 419 g/mol. The molecule has 0 unspecified atom stereocenters. The topological polar surface area (TPSA) is 61.4 Å². The van der Waals surface area contributed by atoms with Gasteiger partial charge in [-0.1, -0.05) is 12.1 Å². The highest BCUT2D eigenvalue weighted by Crippen LogP contribution is 2.22. The van der Waals surface area contributed by atoms with Crippen LogP contribution < -0.4 is 5.32 Å². The van der Waals surface area contributed by atoms with Crippen molar-refractivity contribution in [3.63, 3.8) is 0 Å². The normalized spacial score (nSPS) is 14.9. The summed E-state index contributed by atoms with van der Waals surface area (Å²) in [5, 5.41) is 2.86. The van der Waals surface area contributed by atoms with Gasteiger partial charge in [0.25, 0.3) is 0 Å². The zero-order valence-electron chi connectivity index (χ0n) is 17.3. The zero-order valence-corrected chi connectivity index (χ0v) is 17.3. The Morgan fingerprint density at radius 1 is 1.03 bits per heavy atom. The predicted molar refractivity (Wildman–Crippen MR) is 118 cm³/mol. The summed E-state index contributed by atoms with van der Waals surface area (Å²) in [6.45, 7) is 3.16. The average molecular weight is 420 g/mol. The van der Waals surface area contributed by atoms with Crippen LogP contribution in [-0.2, 0) is 13.1 Å². The number of urea groups is 1. The molecule has 2 amide bonds. The number of hydrogen-bond donors (Lipinski definition) is 1. The van der Waals surface area contributed by atoms with Crippen molar-refractivity contribution in [1.29, 1.82) is 0 Å². The number of carbonyl (C=O) groups is 1. The molecule has 1 saturated heterocycles. The van der Waals surface area contributed by atoms with E-state index in [9.17, 15) is 9.18 Å². The molecule has 31 heavy (non-hydrogen) atoms. The average Bonchev–Trinajstić information content (AvgIpc) is 2.79. The smallest absolute Gasteiger partial charge is 0.317 e. The Morgan fingerprint density at radius 3 is 2.55 bits per heavy atom. The number of anilines is 1. The largest absolute Gasteiger partial charge is 0.322 e. The third-order valence-corrected chi connectivity index (χ3v) is 5.57. The van der Waals surface area contributed by atoms with Crippen molar-refractivity contribution in [2.75, 3.05) is 18.4 Å². The number of hydrogen-bond acceptors (Lipinski definition) is 4. The minimum absolute atomic E-state index is 0.0995. The summed E-state index contributed by atoms with van der Waals surface area (Å²) in [7, 11) is 0. The quantitative estimate of drug-likeness (QED) is 0.647. The summed E-state index contributed by atoms with van der Waals surface area (Å²) in [5.74, 6) is -0.374. The number of amides is 2. The van der Waals surface area contributed by atoms with E-state index in [0.717, 1.165) is 38.0 Å². The van der Waals surface area contributed by atoms with E-state index in [-0.39, 0.29) is 17.9 Å². The van der Waals surface area contributed by atoms with Gasteiger partial charge in [0.05, 0.1) is 0 Å². The first-order valence-corrected chi connectivity index (χ1v) is 10.5. The molecule has 160 valence electrons. The molecule has 7 heteroatoms. The Hall–Kier alpha value is -3.32. The molecule has 2 aromatic heterocycles. The number of nitrogens with zero attached hydrogens (tertiary/aromatic N) is 4. The molecule has 1 aromatic carbocycles. The second-order valence-corrected chi connectivity index (χ2v) is 7.79. The summed E-state index contributed by atoms with van der Waals surface area (Å²) in [4.78, 5) is 25.7. The number of piperidine rings is 1. The summed E-state index contributed by atoms with van der Waals surface area (Å²) in [6, 6.07) is 13.8. The van der Waals surface area contributed by atoms with Crippen molar-refractivity contribution < 1.29 is 9.18 Å². The first-order valence-electron chi connectivity index (χ1n) is 10.5. The van der Waals surface area contributed by atoms with E-state index < -0.39 is 0 Å². The maximum Gasteiger partial charge on any atom is 0.322 e. The van der Waals surface area contributed by atoms with Gasteiger partial charge in [0.15, 0.2) is 0 Å². The molecule has 1 aliphatic rings. The van der Waals surface area contributed by atoms with Gasteiger partial charge in [0, 0.05) is 62.7 Å². The summed E-state index contributed by atoms with van der Waals surface area (Å²) in [6.07, 6.45) is 8.88. The molecule has 1 N–H and O–H groups in total. The molecule has 0 saturated carbocycles. The van der Waals surface area contributed by atoms with Crippen LogP contribution in [0, 0.1) is 5.82 Å². The second kappa shape index (κ2) is 10.1. The van der Waals surface area contributed by atoms with Crippen LogP contribution in [0.5, 0.6) is 0 Å².